The van der Waals surface area contributed by atoms with Gasteiger partial charge in [-0.3, -0.25) is 27.9 Å². The van der Waals surface area contributed by atoms with Crippen LogP contribution < -0.4 is 11.2 Å². The zero-order chi connectivity index (χ0) is 18.0. The average Bonchev–Trinajstić information content (AvgIpc) is 2.97. The Labute approximate surface area is 142 Å². The van der Waals surface area contributed by atoms with E-state index in [2.05, 4.69) is 0 Å². The van der Waals surface area contributed by atoms with Crippen molar-refractivity contribution >= 4 is 7.82 Å². The summed E-state index contributed by atoms with van der Waals surface area (Å²) in [7, 11) is -3.67. The van der Waals surface area contributed by atoms with Gasteiger partial charge in [0.2, 0.25) is 5.82 Å². The largest absolute Gasteiger partial charge is 0.475 e. The monoisotopic (exact) mass is 378 g/mol. The molecule has 1 aromatic rings. The third-order valence-corrected chi connectivity index (χ3v) is 5.57. The molecule has 0 amide bonds. The molecule has 3 heterocycles. The minimum absolute atomic E-state index is 0.0210. The van der Waals surface area contributed by atoms with Crippen LogP contribution in [0.5, 0.6) is 0 Å². The van der Waals surface area contributed by atoms with Gasteiger partial charge in [-0.25, -0.2) is 9.36 Å². The van der Waals surface area contributed by atoms with E-state index in [0.29, 0.717) is 0 Å². The first-order valence-electron chi connectivity index (χ1n) is 8.16. The molecule has 0 radical (unpaired) electrons. The number of phosphoric acid groups is 1. The fraction of sp³-hybridized carbons (Fsp3) is 0.714. The first kappa shape index (κ1) is 18.5. The van der Waals surface area contributed by atoms with Gasteiger partial charge in [-0.2, -0.15) is 4.39 Å². The number of nitrogens with zero attached hydrogens (tertiary/aromatic N) is 1. The van der Waals surface area contributed by atoms with Crippen LogP contribution in [0.3, 0.4) is 0 Å². The summed E-state index contributed by atoms with van der Waals surface area (Å²) >= 11 is 0. The number of aromatic amines is 1. The van der Waals surface area contributed by atoms with Crippen LogP contribution in [-0.2, 0) is 22.9 Å². The molecule has 0 aromatic carbocycles. The number of ether oxygens (including phenoxy) is 1. The van der Waals surface area contributed by atoms with E-state index in [9.17, 15) is 18.5 Å². The van der Waals surface area contributed by atoms with Gasteiger partial charge in [0.1, 0.15) is 18.4 Å². The fourth-order valence-electron chi connectivity index (χ4n) is 2.76. The zero-order valence-corrected chi connectivity index (χ0v) is 14.6. The predicted molar refractivity (Wildman–Crippen MR) is 83.7 cm³/mol. The molecule has 11 heteroatoms. The third-order valence-electron chi connectivity index (χ3n) is 4.07. The Bertz CT molecular complexity index is 779. The highest BCUT2D eigenvalue weighted by atomic mass is 31.2. The second kappa shape index (κ2) is 7.51. The van der Waals surface area contributed by atoms with Crippen LogP contribution >= 0.6 is 7.82 Å². The molecular weight excluding hydrogens is 358 g/mol. The second-order valence-corrected chi connectivity index (χ2v) is 7.56. The van der Waals surface area contributed by atoms with Gasteiger partial charge < -0.3 is 4.74 Å². The van der Waals surface area contributed by atoms with Gasteiger partial charge in [0.15, 0.2) is 0 Å². The summed E-state index contributed by atoms with van der Waals surface area (Å²) in [6.45, 7) is 2.28. The number of hydrogen-bond donors (Lipinski definition) is 1. The molecule has 4 atom stereocenters. The Balaban J connectivity index is 1.66. The molecule has 1 unspecified atom stereocenters. The maximum Gasteiger partial charge on any atom is 0.475 e. The SMILES string of the molecule is CCCCCOP1(=O)OC[C@H]2O[C@@H](n3cc(F)c(=O)[nH]c3=O)C[C@@H]2O1. The van der Waals surface area contributed by atoms with E-state index in [0.717, 1.165) is 30.0 Å². The Morgan fingerprint density at radius 2 is 2.20 bits per heavy atom. The number of phosphoric ester groups is 1. The summed E-state index contributed by atoms with van der Waals surface area (Å²) < 4.78 is 48.3. The molecule has 9 nitrogen and oxygen atoms in total. The zero-order valence-electron chi connectivity index (χ0n) is 13.7. The predicted octanol–water partition coefficient (Wildman–Crippen LogP) is 1.69. The maximum atomic E-state index is 13.4. The third kappa shape index (κ3) is 4.09. The van der Waals surface area contributed by atoms with Crippen molar-refractivity contribution in [2.45, 2.75) is 51.0 Å². The highest BCUT2D eigenvalue weighted by Gasteiger charge is 2.47. The number of nitrogens with one attached hydrogen (secondary N) is 1. The molecule has 2 saturated heterocycles. The molecule has 2 aliphatic heterocycles. The van der Waals surface area contributed by atoms with E-state index < -0.39 is 43.3 Å². The maximum absolute atomic E-state index is 13.4. The van der Waals surface area contributed by atoms with Gasteiger partial charge in [-0.05, 0) is 6.42 Å². The van der Waals surface area contributed by atoms with E-state index in [1.807, 2.05) is 11.9 Å². The van der Waals surface area contributed by atoms with Crippen molar-refractivity contribution in [3.63, 3.8) is 0 Å². The van der Waals surface area contributed by atoms with Gasteiger partial charge in [0.25, 0.3) is 5.56 Å². The lowest BCUT2D eigenvalue weighted by Crippen LogP contribution is -2.34. The Hall–Kier alpha value is -1.32. The van der Waals surface area contributed by atoms with E-state index >= 15 is 0 Å². The minimum Gasteiger partial charge on any atom is -0.349 e. The summed E-state index contributed by atoms with van der Waals surface area (Å²) in [5.41, 5.74) is -1.89. The summed E-state index contributed by atoms with van der Waals surface area (Å²) in [6, 6.07) is 0. The van der Waals surface area contributed by atoms with E-state index in [1.165, 1.54) is 0 Å². The van der Waals surface area contributed by atoms with Crippen molar-refractivity contribution in [2.75, 3.05) is 13.2 Å². The van der Waals surface area contributed by atoms with Crippen LogP contribution in [-0.4, -0.2) is 35.0 Å². The lowest BCUT2D eigenvalue weighted by molar-refractivity contribution is -0.0724. The van der Waals surface area contributed by atoms with Crippen molar-refractivity contribution in [3.8, 4) is 0 Å². The van der Waals surface area contributed by atoms with Gasteiger partial charge in [-0.1, -0.05) is 19.8 Å². The molecular formula is C14H20FN2O7P. The molecule has 0 saturated carbocycles. The first-order valence-corrected chi connectivity index (χ1v) is 9.62. The molecule has 1 N–H and O–H groups in total. The Morgan fingerprint density at radius 1 is 1.40 bits per heavy atom. The Kier molecular flexibility index (Phi) is 5.55. The quantitative estimate of drug-likeness (QED) is 0.593. The summed E-state index contributed by atoms with van der Waals surface area (Å²) in [5.74, 6) is -1.10. The fourth-order valence-corrected chi connectivity index (χ4v) is 4.20. The smallest absolute Gasteiger partial charge is 0.349 e. The molecule has 0 bridgehead atoms. The molecule has 3 rings (SSSR count). The molecule has 25 heavy (non-hydrogen) atoms. The molecule has 2 fully saturated rings. The lowest BCUT2D eigenvalue weighted by Gasteiger charge is -2.29. The van der Waals surface area contributed by atoms with Crippen LogP contribution in [0.2, 0.25) is 0 Å². The number of halogens is 1. The van der Waals surface area contributed by atoms with Crippen LogP contribution in [0.25, 0.3) is 0 Å². The average molecular weight is 378 g/mol. The molecule has 1 aromatic heterocycles. The van der Waals surface area contributed by atoms with Crippen molar-refractivity contribution in [3.05, 3.63) is 32.9 Å². The van der Waals surface area contributed by atoms with E-state index in [-0.39, 0.29) is 19.6 Å². The highest BCUT2D eigenvalue weighted by molar-refractivity contribution is 7.48. The first-order chi connectivity index (χ1) is 11.9. The van der Waals surface area contributed by atoms with Crippen molar-refractivity contribution in [1.82, 2.24) is 9.55 Å². The minimum atomic E-state index is -3.67. The molecule has 0 spiro atoms. The van der Waals surface area contributed by atoms with E-state index in [1.54, 1.807) is 0 Å². The number of unbranched alkanes of at least 4 members (excludes halogenated alkanes) is 2. The standard InChI is InChI=1S/C14H20FN2O7P/c1-2-3-4-5-21-25(20)22-8-11-10(24-25)6-12(23-11)17-7-9(15)13(18)16-14(17)19/h7,10-12H,2-6,8H2,1H3,(H,16,18,19)/t10-,11+,12+,25?/m0/s1. The number of fused-ring (bicyclic) bond motifs is 1. The van der Waals surface area contributed by atoms with Crippen LogP contribution in [0, 0.1) is 5.82 Å². The second-order valence-electron chi connectivity index (χ2n) is 5.94. The summed E-state index contributed by atoms with van der Waals surface area (Å²) in [5, 5.41) is 0. The van der Waals surface area contributed by atoms with Crippen molar-refractivity contribution in [2.24, 2.45) is 0 Å². The lowest BCUT2D eigenvalue weighted by atomic mass is 10.2. The number of rotatable bonds is 6. The summed E-state index contributed by atoms with van der Waals surface area (Å²) in [6.07, 6.45) is 1.59. The van der Waals surface area contributed by atoms with Crippen LogP contribution in [0.4, 0.5) is 4.39 Å². The normalized spacial score (nSPS) is 31.8. The van der Waals surface area contributed by atoms with Crippen LogP contribution in [0.1, 0.15) is 38.8 Å². The summed E-state index contributed by atoms with van der Waals surface area (Å²) in [4.78, 5) is 24.8. The van der Waals surface area contributed by atoms with Gasteiger partial charge in [0.05, 0.1) is 19.4 Å². The highest BCUT2D eigenvalue weighted by Crippen LogP contribution is 2.56. The molecule has 0 aliphatic carbocycles. The molecule has 2 aliphatic rings. The van der Waals surface area contributed by atoms with Crippen molar-refractivity contribution < 1.29 is 27.3 Å². The van der Waals surface area contributed by atoms with Gasteiger partial charge >= 0.3 is 13.5 Å². The van der Waals surface area contributed by atoms with Crippen molar-refractivity contribution in [1.29, 1.82) is 0 Å². The van der Waals surface area contributed by atoms with Crippen LogP contribution in [0.15, 0.2) is 15.8 Å². The number of H-pyrrole nitrogens is 1. The topological polar surface area (TPSA) is 109 Å². The number of aromatic nitrogens is 2. The van der Waals surface area contributed by atoms with E-state index in [4.69, 9.17) is 18.3 Å². The Morgan fingerprint density at radius 3 is 2.96 bits per heavy atom. The molecule has 140 valence electrons. The number of hydrogen-bond acceptors (Lipinski definition) is 7. The van der Waals surface area contributed by atoms with Gasteiger partial charge in [0, 0.05) is 6.42 Å². The van der Waals surface area contributed by atoms with Gasteiger partial charge in [-0.15, -0.1) is 0 Å².